The number of hydrogen-bond donors (Lipinski definition) is 1. The summed E-state index contributed by atoms with van der Waals surface area (Å²) in [6, 6.07) is 7.40. The molecule has 0 radical (unpaired) electrons. The zero-order valence-electron chi connectivity index (χ0n) is 13.1. The van der Waals surface area contributed by atoms with Crippen LogP contribution in [0.25, 0.3) is 0 Å². The van der Waals surface area contributed by atoms with Gasteiger partial charge in [0, 0.05) is 25.2 Å². The van der Waals surface area contributed by atoms with Crippen molar-refractivity contribution in [3.63, 3.8) is 0 Å². The smallest absolute Gasteiger partial charge is 0.254 e. The highest BCUT2D eigenvalue weighted by Gasteiger charge is 2.39. The number of likely N-dealkylation sites (tertiary alicyclic amines) is 1. The highest BCUT2D eigenvalue weighted by Crippen LogP contribution is 2.24. The number of benzene rings is 1. The molecule has 0 unspecified atom stereocenters. The first kappa shape index (κ1) is 15.5. The summed E-state index contributed by atoms with van der Waals surface area (Å²) >= 11 is 0. The first-order chi connectivity index (χ1) is 10.7. The molecule has 2 aliphatic rings. The predicted molar refractivity (Wildman–Crippen MR) is 83.7 cm³/mol. The van der Waals surface area contributed by atoms with Gasteiger partial charge in [-0.25, -0.2) is 0 Å². The molecule has 5 heteroatoms. The first-order valence-electron chi connectivity index (χ1n) is 8.07. The van der Waals surface area contributed by atoms with E-state index >= 15 is 0 Å². The van der Waals surface area contributed by atoms with Gasteiger partial charge in [-0.2, -0.15) is 0 Å². The van der Waals surface area contributed by atoms with Gasteiger partial charge in [-0.15, -0.1) is 0 Å². The van der Waals surface area contributed by atoms with Crippen LogP contribution in [0.3, 0.4) is 0 Å². The molecule has 1 aromatic rings. The molecule has 0 bridgehead atoms. The van der Waals surface area contributed by atoms with E-state index in [-0.39, 0.29) is 24.7 Å². The molecule has 0 aromatic heterocycles. The third-order valence-corrected chi connectivity index (χ3v) is 4.73. The molecule has 2 heterocycles. The lowest BCUT2D eigenvalue weighted by Crippen LogP contribution is -2.61. The summed E-state index contributed by atoms with van der Waals surface area (Å²) in [6.07, 6.45) is 1.14. The number of amides is 1. The largest absolute Gasteiger partial charge is 0.392 e. The lowest BCUT2D eigenvalue weighted by atomic mass is 9.97. The van der Waals surface area contributed by atoms with Crippen molar-refractivity contribution in [2.24, 2.45) is 0 Å². The van der Waals surface area contributed by atoms with Gasteiger partial charge in [0.1, 0.15) is 0 Å². The number of hydrogen-bond acceptors (Lipinski definition) is 4. The van der Waals surface area contributed by atoms with Crippen molar-refractivity contribution in [3.05, 3.63) is 35.4 Å². The molecular weight excluding hydrogens is 280 g/mol. The molecule has 3 rings (SSSR count). The third-order valence-electron chi connectivity index (χ3n) is 4.73. The van der Waals surface area contributed by atoms with Gasteiger partial charge in [-0.05, 0) is 30.7 Å². The van der Waals surface area contributed by atoms with Crippen LogP contribution in [0, 0.1) is 0 Å². The monoisotopic (exact) mass is 304 g/mol. The van der Waals surface area contributed by atoms with Crippen LogP contribution in [0.2, 0.25) is 0 Å². The van der Waals surface area contributed by atoms with E-state index in [4.69, 9.17) is 4.74 Å². The average Bonchev–Trinajstić information content (AvgIpc) is 2.60. The lowest BCUT2D eigenvalue weighted by molar-refractivity contribution is -0.0896. The predicted octanol–water partition coefficient (Wildman–Crippen LogP) is 1.11. The quantitative estimate of drug-likeness (QED) is 0.909. The first-order valence-corrected chi connectivity index (χ1v) is 8.07. The molecule has 2 saturated heterocycles. The maximum absolute atomic E-state index is 12.9. The number of carbonyl (C=O) groups is 1. The van der Waals surface area contributed by atoms with E-state index < -0.39 is 0 Å². The molecule has 2 aliphatic heterocycles. The number of likely N-dealkylation sites (N-methyl/N-ethyl adjacent to an activating group) is 1. The van der Waals surface area contributed by atoms with E-state index in [1.807, 2.05) is 23.1 Å². The second kappa shape index (κ2) is 6.77. The fourth-order valence-electron chi connectivity index (χ4n) is 3.45. The van der Waals surface area contributed by atoms with Crippen LogP contribution in [-0.4, -0.2) is 65.7 Å². The fraction of sp³-hybridized carbons (Fsp3) is 0.588. The minimum Gasteiger partial charge on any atom is -0.392 e. The number of morpholine rings is 1. The van der Waals surface area contributed by atoms with Gasteiger partial charge < -0.3 is 19.6 Å². The Morgan fingerprint density at radius 2 is 2.27 bits per heavy atom. The van der Waals surface area contributed by atoms with E-state index in [1.54, 1.807) is 6.07 Å². The van der Waals surface area contributed by atoms with Crippen LogP contribution in [0.1, 0.15) is 29.3 Å². The Kier molecular flexibility index (Phi) is 4.76. The standard InChI is InChI=1S/C17H24N2O3/c1-2-18-7-6-16-15(11-18)19(8-9-22-16)17(21)14-5-3-4-13(10-14)12-20/h3-5,10,15-16,20H,2,6-9,11-12H2,1H3/t15-,16+/m0/s1. The van der Waals surface area contributed by atoms with Crippen molar-refractivity contribution in [1.29, 1.82) is 0 Å². The number of fused-ring (bicyclic) bond motifs is 1. The minimum atomic E-state index is -0.0418. The van der Waals surface area contributed by atoms with Crippen LogP contribution in [0.15, 0.2) is 24.3 Å². The summed E-state index contributed by atoms with van der Waals surface area (Å²) in [5.41, 5.74) is 1.43. The van der Waals surface area contributed by atoms with Crippen molar-refractivity contribution in [1.82, 2.24) is 9.80 Å². The summed E-state index contributed by atoms with van der Waals surface area (Å²) in [4.78, 5) is 17.2. The lowest BCUT2D eigenvalue weighted by Gasteiger charge is -2.47. The number of piperidine rings is 1. The molecule has 0 spiro atoms. The number of carbonyl (C=O) groups excluding carboxylic acids is 1. The van der Waals surface area contributed by atoms with Gasteiger partial charge in [0.2, 0.25) is 0 Å². The zero-order valence-corrected chi connectivity index (χ0v) is 13.1. The normalized spacial score (nSPS) is 25.8. The van der Waals surface area contributed by atoms with Gasteiger partial charge >= 0.3 is 0 Å². The Labute approximate surface area is 131 Å². The van der Waals surface area contributed by atoms with Gasteiger partial charge in [0.15, 0.2) is 0 Å². The van der Waals surface area contributed by atoms with Crippen LogP contribution in [0.5, 0.6) is 0 Å². The number of aliphatic hydroxyl groups excluding tert-OH is 1. The second-order valence-corrected chi connectivity index (χ2v) is 6.02. The summed E-state index contributed by atoms with van der Waals surface area (Å²) in [6.45, 7) is 6.29. The van der Waals surface area contributed by atoms with Crippen molar-refractivity contribution in [2.45, 2.75) is 32.1 Å². The Bertz CT molecular complexity index is 534. The number of ether oxygens (including phenoxy) is 1. The van der Waals surface area contributed by atoms with E-state index in [0.29, 0.717) is 18.7 Å². The molecule has 1 aromatic carbocycles. The Morgan fingerprint density at radius 3 is 3.05 bits per heavy atom. The minimum absolute atomic E-state index is 0.0418. The maximum Gasteiger partial charge on any atom is 0.254 e. The van der Waals surface area contributed by atoms with Crippen molar-refractivity contribution in [2.75, 3.05) is 32.8 Å². The number of nitrogens with zero attached hydrogens (tertiary/aromatic N) is 2. The Morgan fingerprint density at radius 1 is 1.41 bits per heavy atom. The summed E-state index contributed by atoms with van der Waals surface area (Å²) in [5, 5.41) is 9.26. The topological polar surface area (TPSA) is 53.0 Å². The van der Waals surface area contributed by atoms with Gasteiger partial charge in [-0.3, -0.25) is 4.79 Å². The molecule has 1 N–H and O–H groups in total. The van der Waals surface area contributed by atoms with Crippen molar-refractivity contribution < 1.29 is 14.6 Å². The Hall–Kier alpha value is -1.43. The number of rotatable bonds is 3. The van der Waals surface area contributed by atoms with E-state index in [0.717, 1.165) is 31.6 Å². The van der Waals surface area contributed by atoms with Gasteiger partial charge in [0.25, 0.3) is 5.91 Å². The number of aliphatic hydroxyl groups is 1. The summed E-state index contributed by atoms with van der Waals surface area (Å²) in [7, 11) is 0. The average molecular weight is 304 g/mol. The molecular formula is C17H24N2O3. The van der Waals surface area contributed by atoms with Gasteiger partial charge in [-0.1, -0.05) is 19.1 Å². The highest BCUT2D eigenvalue weighted by atomic mass is 16.5. The summed E-state index contributed by atoms with van der Waals surface area (Å²) < 4.78 is 5.88. The molecule has 0 saturated carbocycles. The molecule has 5 nitrogen and oxygen atoms in total. The molecule has 22 heavy (non-hydrogen) atoms. The molecule has 2 fully saturated rings. The highest BCUT2D eigenvalue weighted by molar-refractivity contribution is 5.94. The third kappa shape index (κ3) is 3.02. The van der Waals surface area contributed by atoms with Crippen molar-refractivity contribution >= 4 is 5.91 Å². The van der Waals surface area contributed by atoms with E-state index in [1.165, 1.54) is 0 Å². The van der Waals surface area contributed by atoms with E-state index in [9.17, 15) is 9.90 Å². The zero-order chi connectivity index (χ0) is 15.5. The van der Waals surface area contributed by atoms with Crippen molar-refractivity contribution in [3.8, 4) is 0 Å². The SMILES string of the molecule is CCN1CC[C@H]2OCCN(C(=O)c3cccc(CO)c3)[C@H]2C1. The maximum atomic E-state index is 12.9. The fourth-order valence-corrected chi connectivity index (χ4v) is 3.45. The van der Waals surface area contributed by atoms with Gasteiger partial charge in [0.05, 0.1) is 25.4 Å². The summed E-state index contributed by atoms with van der Waals surface area (Å²) in [5.74, 6) is 0.0477. The second-order valence-electron chi connectivity index (χ2n) is 6.02. The van der Waals surface area contributed by atoms with Crippen LogP contribution in [0.4, 0.5) is 0 Å². The molecule has 120 valence electrons. The van der Waals surface area contributed by atoms with Crippen LogP contribution in [-0.2, 0) is 11.3 Å². The molecule has 2 atom stereocenters. The van der Waals surface area contributed by atoms with Crippen LogP contribution >= 0.6 is 0 Å². The molecule has 0 aliphatic carbocycles. The molecule has 1 amide bonds. The van der Waals surface area contributed by atoms with Crippen LogP contribution < -0.4 is 0 Å². The Balaban J connectivity index is 1.80. The van der Waals surface area contributed by atoms with E-state index in [2.05, 4.69) is 11.8 Å².